The van der Waals surface area contributed by atoms with Crippen molar-refractivity contribution in [2.75, 3.05) is 31.1 Å². The van der Waals surface area contributed by atoms with Gasteiger partial charge in [-0.05, 0) is 56.7 Å². The van der Waals surface area contributed by atoms with E-state index < -0.39 is 33.4 Å². The minimum absolute atomic E-state index is 0.0484. The fraction of sp³-hybridized carbons (Fsp3) is 0.472. The van der Waals surface area contributed by atoms with Gasteiger partial charge in [-0.25, -0.2) is 0 Å². The molecule has 2 unspecified atom stereocenters. The fourth-order valence-corrected chi connectivity index (χ4v) is 10.4. The van der Waals surface area contributed by atoms with E-state index in [9.17, 15) is 14.7 Å². The number of anilines is 1. The van der Waals surface area contributed by atoms with E-state index >= 15 is 4.79 Å². The van der Waals surface area contributed by atoms with Crippen LogP contribution in [0.5, 0.6) is 0 Å². The molecule has 3 fully saturated rings. The van der Waals surface area contributed by atoms with E-state index in [4.69, 9.17) is 0 Å². The molecule has 7 nitrogen and oxygen atoms in total. The van der Waals surface area contributed by atoms with Crippen molar-refractivity contribution < 1.29 is 19.5 Å². The zero-order chi connectivity index (χ0) is 31.8. The number of rotatable bonds is 12. The van der Waals surface area contributed by atoms with E-state index in [1.54, 1.807) is 33.7 Å². The number of fused-ring (bicyclic) bond motifs is 1. The number of likely N-dealkylation sites (tertiary alicyclic amines) is 1. The van der Waals surface area contributed by atoms with Crippen LogP contribution in [0.4, 0.5) is 5.69 Å². The summed E-state index contributed by atoms with van der Waals surface area (Å²) in [5.74, 6) is -1.74. The van der Waals surface area contributed by atoms with Crippen LogP contribution < -0.4 is 4.90 Å². The zero-order valence-corrected chi connectivity index (χ0v) is 27.2. The van der Waals surface area contributed by atoms with Crippen molar-refractivity contribution in [3.63, 3.8) is 0 Å². The lowest BCUT2D eigenvalue weighted by molar-refractivity contribution is -0.146. The lowest BCUT2D eigenvalue weighted by Gasteiger charge is -2.40. The van der Waals surface area contributed by atoms with Crippen molar-refractivity contribution in [2.24, 2.45) is 11.8 Å². The molecule has 3 amide bonds. The predicted octanol–water partition coefficient (Wildman–Crippen LogP) is 5.46. The molecule has 44 heavy (non-hydrogen) atoms. The number of hydrogen-bond donors (Lipinski definition) is 1. The molecule has 2 bridgehead atoms. The van der Waals surface area contributed by atoms with Crippen molar-refractivity contribution in [1.29, 1.82) is 0 Å². The van der Waals surface area contributed by atoms with Gasteiger partial charge in [0, 0.05) is 30.1 Å². The minimum atomic E-state index is -0.875. The van der Waals surface area contributed by atoms with Crippen LogP contribution in [0.3, 0.4) is 0 Å². The highest BCUT2D eigenvalue weighted by atomic mass is 32.2. The SMILES string of the molecule is C=CCN(CCC)C(=O)[C@H]1[C@H]2C(=O)N([C@H](CO)c3ccccc3)C(C(=O)N(CC=C)c3c(C)cccc3C)C23CC[C@]1(C)S3. The van der Waals surface area contributed by atoms with Gasteiger partial charge in [0.1, 0.15) is 6.04 Å². The van der Waals surface area contributed by atoms with Crippen LogP contribution >= 0.6 is 11.8 Å². The van der Waals surface area contributed by atoms with Gasteiger partial charge in [-0.3, -0.25) is 14.4 Å². The van der Waals surface area contributed by atoms with Crippen LogP contribution in [0.1, 0.15) is 55.8 Å². The van der Waals surface area contributed by atoms with Crippen LogP contribution in [-0.4, -0.2) is 74.4 Å². The van der Waals surface area contributed by atoms with Crippen molar-refractivity contribution >= 4 is 35.2 Å². The molecule has 3 heterocycles. The summed E-state index contributed by atoms with van der Waals surface area (Å²) in [4.78, 5) is 49.7. The zero-order valence-electron chi connectivity index (χ0n) is 26.4. The molecule has 234 valence electrons. The largest absolute Gasteiger partial charge is 0.394 e. The molecule has 8 heteroatoms. The van der Waals surface area contributed by atoms with Gasteiger partial charge >= 0.3 is 0 Å². The molecule has 2 aromatic carbocycles. The topological polar surface area (TPSA) is 81.2 Å². The Bertz CT molecular complexity index is 1430. The summed E-state index contributed by atoms with van der Waals surface area (Å²) in [5.41, 5.74) is 3.47. The number of benzene rings is 2. The smallest absolute Gasteiger partial charge is 0.251 e. The van der Waals surface area contributed by atoms with Crippen LogP contribution in [0, 0.1) is 25.7 Å². The average Bonchev–Trinajstić information content (AvgIpc) is 3.57. The summed E-state index contributed by atoms with van der Waals surface area (Å²) in [6.45, 7) is 16.8. The monoisotopic (exact) mass is 615 g/mol. The van der Waals surface area contributed by atoms with Gasteiger partial charge in [0.15, 0.2) is 0 Å². The lowest BCUT2D eigenvalue weighted by atomic mass is 9.66. The first kappa shape index (κ1) is 32.0. The number of aliphatic hydroxyl groups excluding tert-OH is 1. The highest BCUT2D eigenvalue weighted by Crippen LogP contribution is 2.72. The van der Waals surface area contributed by atoms with Crippen LogP contribution in [-0.2, 0) is 14.4 Å². The summed E-state index contributed by atoms with van der Waals surface area (Å²) >= 11 is 1.66. The number of nitrogens with zero attached hydrogens (tertiary/aromatic N) is 3. The Hall–Kier alpha value is -3.36. The molecule has 0 saturated carbocycles. The van der Waals surface area contributed by atoms with Gasteiger partial charge in [-0.1, -0.05) is 67.6 Å². The van der Waals surface area contributed by atoms with E-state index in [0.29, 0.717) is 19.5 Å². The second-order valence-electron chi connectivity index (χ2n) is 12.6. The molecule has 1 spiro atoms. The van der Waals surface area contributed by atoms with Gasteiger partial charge in [0.2, 0.25) is 11.8 Å². The number of aliphatic hydroxyl groups is 1. The van der Waals surface area contributed by atoms with Gasteiger partial charge in [0.25, 0.3) is 5.91 Å². The van der Waals surface area contributed by atoms with Crippen LogP contribution in [0.15, 0.2) is 73.8 Å². The number of carbonyl (C=O) groups excluding carboxylic acids is 3. The Morgan fingerprint density at radius 1 is 1.05 bits per heavy atom. The number of para-hydroxylation sites is 1. The van der Waals surface area contributed by atoms with Crippen molar-refractivity contribution in [3.8, 4) is 0 Å². The maximum absolute atomic E-state index is 15.2. The maximum atomic E-state index is 15.2. The molecule has 1 N–H and O–H groups in total. The Morgan fingerprint density at radius 3 is 2.30 bits per heavy atom. The fourth-order valence-electron chi connectivity index (χ4n) is 8.10. The highest BCUT2D eigenvalue weighted by molar-refractivity contribution is 8.02. The molecular weight excluding hydrogens is 570 g/mol. The normalized spacial score (nSPS) is 27.6. The Kier molecular flexibility index (Phi) is 9.15. The lowest BCUT2D eigenvalue weighted by Crippen LogP contribution is -2.56. The molecule has 5 rings (SSSR count). The number of carbonyl (C=O) groups is 3. The Balaban J connectivity index is 1.69. The third-order valence-corrected chi connectivity index (χ3v) is 11.8. The molecule has 3 aliphatic rings. The van der Waals surface area contributed by atoms with Crippen LogP contribution in [0.25, 0.3) is 0 Å². The molecule has 6 atom stereocenters. The molecule has 0 aliphatic carbocycles. The summed E-state index contributed by atoms with van der Waals surface area (Å²) in [6, 6.07) is 13.7. The number of amides is 3. The first-order valence-electron chi connectivity index (χ1n) is 15.7. The van der Waals surface area contributed by atoms with Crippen molar-refractivity contribution in [2.45, 2.75) is 68.5 Å². The molecule has 0 aromatic heterocycles. The number of thioether (sulfide) groups is 1. The highest BCUT2D eigenvalue weighted by Gasteiger charge is 2.78. The summed E-state index contributed by atoms with van der Waals surface area (Å²) < 4.78 is -1.30. The van der Waals surface area contributed by atoms with E-state index in [-0.39, 0.29) is 30.9 Å². The van der Waals surface area contributed by atoms with Gasteiger partial charge in [-0.15, -0.1) is 24.9 Å². The number of aryl methyl sites for hydroxylation is 2. The number of hydrogen-bond acceptors (Lipinski definition) is 5. The first-order chi connectivity index (χ1) is 21.1. The second-order valence-corrected chi connectivity index (χ2v) is 14.5. The average molecular weight is 616 g/mol. The van der Waals surface area contributed by atoms with Crippen LogP contribution in [0.2, 0.25) is 0 Å². The maximum Gasteiger partial charge on any atom is 0.251 e. The summed E-state index contributed by atoms with van der Waals surface area (Å²) in [6.07, 6.45) is 5.60. The van der Waals surface area contributed by atoms with Gasteiger partial charge < -0.3 is 19.8 Å². The summed E-state index contributed by atoms with van der Waals surface area (Å²) in [7, 11) is 0. The first-order valence-corrected chi connectivity index (χ1v) is 16.5. The molecule has 2 aromatic rings. The molecular formula is C36H45N3O4S. The summed E-state index contributed by atoms with van der Waals surface area (Å²) in [5, 5.41) is 10.9. The predicted molar refractivity (Wildman–Crippen MR) is 177 cm³/mol. The third-order valence-electron chi connectivity index (χ3n) is 9.85. The van der Waals surface area contributed by atoms with E-state index in [2.05, 4.69) is 20.1 Å². The third kappa shape index (κ3) is 5.00. The molecule has 3 saturated heterocycles. The quantitative estimate of drug-likeness (QED) is 0.321. The minimum Gasteiger partial charge on any atom is -0.394 e. The molecule has 3 aliphatic heterocycles. The van der Waals surface area contributed by atoms with Crippen molar-refractivity contribution in [3.05, 3.63) is 90.5 Å². The van der Waals surface area contributed by atoms with Gasteiger partial charge in [0.05, 0.1) is 29.2 Å². The second kappa shape index (κ2) is 12.6. The van der Waals surface area contributed by atoms with Crippen molar-refractivity contribution in [1.82, 2.24) is 9.80 Å². The molecule has 0 radical (unpaired) electrons. The Morgan fingerprint density at radius 2 is 1.70 bits per heavy atom. The Labute approximate surface area is 266 Å². The van der Waals surface area contributed by atoms with E-state index in [1.807, 2.05) is 74.2 Å². The van der Waals surface area contributed by atoms with Gasteiger partial charge in [-0.2, -0.15) is 0 Å². The van der Waals surface area contributed by atoms with E-state index in [0.717, 1.165) is 35.2 Å². The standard InChI is InChI=1S/C36H45N3O4S/c1-7-20-37(21-8-2)32(41)28-29-33(42)39(27(23-40)26-16-11-10-12-17-26)31(36(29)19-18-35(28,6)44-36)34(43)38(22-9-3)30-24(4)14-13-15-25(30)5/h7,9-17,27-29,31,40H,1,3,8,18-23H2,2,4-6H3/t27-,28-,29+,31?,35+,36?/m1/s1. The van der Waals surface area contributed by atoms with E-state index in [1.165, 1.54) is 0 Å².